The molecule has 29 heavy (non-hydrogen) atoms. The fourth-order valence-electron chi connectivity index (χ4n) is 3.58. The van der Waals surface area contributed by atoms with Gasteiger partial charge in [0, 0.05) is 36.4 Å². The molecule has 0 amide bonds. The van der Waals surface area contributed by atoms with E-state index in [2.05, 4.69) is 25.5 Å². The zero-order valence-corrected chi connectivity index (χ0v) is 15.8. The van der Waals surface area contributed by atoms with Crippen LogP contribution in [0.4, 0.5) is 5.82 Å². The van der Waals surface area contributed by atoms with Gasteiger partial charge in [-0.25, -0.2) is 14.2 Å². The number of hydrogen-bond donors (Lipinski definition) is 1. The molecular weight excluding hydrogens is 370 g/mol. The van der Waals surface area contributed by atoms with Gasteiger partial charge in [0.25, 0.3) is 5.56 Å². The predicted molar refractivity (Wildman–Crippen MR) is 107 cm³/mol. The van der Waals surface area contributed by atoms with Gasteiger partial charge < -0.3 is 10.1 Å². The highest BCUT2D eigenvalue weighted by molar-refractivity contribution is 5.68. The third-order valence-corrected chi connectivity index (χ3v) is 4.98. The first-order valence-electron chi connectivity index (χ1n) is 9.34. The topological polar surface area (TPSA) is 99.2 Å². The Morgan fingerprint density at radius 1 is 1.17 bits per heavy atom. The molecule has 0 aromatic carbocycles. The van der Waals surface area contributed by atoms with Crippen LogP contribution in [0.5, 0.6) is 0 Å². The standard InChI is InChI=1S/C20H19N7O2/c1-13-9-17-20(22-7-8-26(17)24-13)23-16-11-29-12-18(16)27-19(28)5-4-15(25-27)14-3-2-6-21-10-14/h2-10,16,18H,11-12H2,1H3,(H,22,23). The molecule has 4 aromatic heterocycles. The van der Waals surface area contributed by atoms with Crippen LogP contribution in [-0.2, 0) is 4.74 Å². The molecule has 2 unspecified atom stereocenters. The maximum atomic E-state index is 12.6. The maximum absolute atomic E-state index is 12.6. The zero-order valence-electron chi connectivity index (χ0n) is 15.8. The molecule has 0 aliphatic carbocycles. The molecule has 5 heterocycles. The minimum Gasteiger partial charge on any atom is -0.377 e. The van der Waals surface area contributed by atoms with E-state index in [4.69, 9.17) is 4.74 Å². The van der Waals surface area contributed by atoms with Gasteiger partial charge in [0.2, 0.25) is 0 Å². The van der Waals surface area contributed by atoms with E-state index in [-0.39, 0.29) is 17.6 Å². The van der Waals surface area contributed by atoms with Crippen LogP contribution >= 0.6 is 0 Å². The van der Waals surface area contributed by atoms with Crippen LogP contribution in [0.15, 0.2) is 59.9 Å². The lowest BCUT2D eigenvalue weighted by atomic mass is 10.1. The fraction of sp³-hybridized carbons (Fsp3) is 0.250. The van der Waals surface area contributed by atoms with Crippen LogP contribution < -0.4 is 10.9 Å². The molecule has 1 aliphatic rings. The molecule has 5 rings (SSSR count). The Labute approximate surface area is 166 Å². The average Bonchev–Trinajstić information content (AvgIpc) is 3.35. The van der Waals surface area contributed by atoms with Crippen molar-refractivity contribution in [3.8, 4) is 11.3 Å². The Kier molecular flexibility index (Phi) is 4.28. The summed E-state index contributed by atoms with van der Waals surface area (Å²) in [7, 11) is 0. The van der Waals surface area contributed by atoms with Gasteiger partial charge in [-0.2, -0.15) is 10.2 Å². The van der Waals surface area contributed by atoms with Crippen molar-refractivity contribution < 1.29 is 4.74 Å². The van der Waals surface area contributed by atoms with Crippen LogP contribution in [0.3, 0.4) is 0 Å². The Bertz CT molecular complexity index is 1220. The summed E-state index contributed by atoms with van der Waals surface area (Å²) in [6.45, 7) is 2.78. The fourth-order valence-corrected chi connectivity index (χ4v) is 3.58. The van der Waals surface area contributed by atoms with Crippen LogP contribution in [0.1, 0.15) is 11.7 Å². The molecule has 1 saturated heterocycles. The van der Waals surface area contributed by atoms with Gasteiger partial charge in [-0.3, -0.25) is 9.78 Å². The molecule has 0 saturated carbocycles. The van der Waals surface area contributed by atoms with Gasteiger partial charge in [0.15, 0.2) is 5.82 Å². The lowest BCUT2D eigenvalue weighted by molar-refractivity contribution is 0.183. The first-order valence-corrected chi connectivity index (χ1v) is 9.34. The largest absolute Gasteiger partial charge is 0.377 e. The normalized spacial score (nSPS) is 18.9. The van der Waals surface area contributed by atoms with Gasteiger partial charge in [0.05, 0.1) is 30.6 Å². The monoisotopic (exact) mass is 389 g/mol. The second-order valence-electron chi connectivity index (χ2n) is 6.99. The average molecular weight is 389 g/mol. The Morgan fingerprint density at radius 3 is 2.97 bits per heavy atom. The number of nitrogens with zero attached hydrogens (tertiary/aromatic N) is 6. The molecule has 0 bridgehead atoms. The lowest BCUT2D eigenvalue weighted by Crippen LogP contribution is -2.37. The molecule has 1 aliphatic heterocycles. The number of hydrogen-bond acceptors (Lipinski definition) is 7. The summed E-state index contributed by atoms with van der Waals surface area (Å²) in [5, 5.41) is 12.4. The third-order valence-electron chi connectivity index (χ3n) is 4.98. The number of rotatable bonds is 4. The van der Waals surface area contributed by atoms with Crippen molar-refractivity contribution in [2.45, 2.75) is 19.0 Å². The van der Waals surface area contributed by atoms with E-state index in [0.29, 0.717) is 24.7 Å². The summed E-state index contributed by atoms with van der Waals surface area (Å²) in [5.41, 5.74) is 3.15. The van der Waals surface area contributed by atoms with E-state index in [0.717, 1.165) is 16.8 Å². The van der Waals surface area contributed by atoms with E-state index in [1.54, 1.807) is 35.4 Å². The first kappa shape index (κ1) is 17.5. The van der Waals surface area contributed by atoms with E-state index >= 15 is 0 Å². The molecule has 0 radical (unpaired) electrons. The van der Waals surface area contributed by atoms with Crippen molar-refractivity contribution in [2.75, 3.05) is 18.5 Å². The minimum atomic E-state index is -0.259. The highest BCUT2D eigenvalue weighted by Gasteiger charge is 2.32. The molecule has 1 N–H and O–H groups in total. The molecular formula is C20H19N7O2. The van der Waals surface area contributed by atoms with Gasteiger partial charge >= 0.3 is 0 Å². The van der Waals surface area contributed by atoms with Crippen LogP contribution in [0, 0.1) is 6.92 Å². The van der Waals surface area contributed by atoms with Gasteiger partial charge in [-0.1, -0.05) is 0 Å². The predicted octanol–water partition coefficient (Wildman–Crippen LogP) is 1.71. The molecule has 1 fully saturated rings. The maximum Gasteiger partial charge on any atom is 0.267 e. The number of fused-ring (bicyclic) bond motifs is 1. The molecule has 146 valence electrons. The number of pyridine rings is 1. The van der Waals surface area contributed by atoms with Gasteiger partial charge in [0.1, 0.15) is 11.6 Å². The van der Waals surface area contributed by atoms with Crippen molar-refractivity contribution in [3.63, 3.8) is 0 Å². The SMILES string of the molecule is Cc1cc2c(NC3COCC3n3nc(-c4cccnc4)ccc3=O)nccn2n1. The molecule has 2 atom stereocenters. The number of aryl methyl sites for hydroxylation is 1. The Hall–Kier alpha value is -3.59. The van der Waals surface area contributed by atoms with E-state index < -0.39 is 0 Å². The molecule has 9 nitrogen and oxygen atoms in total. The highest BCUT2D eigenvalue weighted by Crippen LogP contribution is 2.24. The second kappa shape index (κ2) is 7.10. The van der Waals surface area contributed by atoms with E-state index in [1.807, 2.05) is 25.1 Å². The van der Waals surface area contributed by atoms with Crippen molar-refractivity contribution >= 4 is 11.3 Å². The quantitative estimate of drug-likeness (QED) is 0.567. The summed E-state index contributed by atoms with van der Waals surface area (Å²) >= 11 is 0. The first-order chi connectivity index (χ1) is 14.2. The van der Waals surface area contributed by atoms with Crippen molar-refractivity contribution in [1.82, 2.24) is 29.4 Å². The minimum absolute atomic E-state index is 0.154. The number of ether oxygens (including phenoxy) is 1. The summed E-state index contributed by atoms with van der Waals surface area (Å²) in [4.78, 5) is 21.2. The lowest BCUT2D eigenvalue weighted by Gasteiger charge is -2.21. The summed E-state index contributed by atoms with van der Waals surface area (Å²) in [6, 6.07) is 8.55. The molecule has 9 heteroatoms. The Balaban J connectivity index is 1.49. The Morgan fingerprint density at radius 2 is 2.10 bits per heavy atom. The van der Waals surface area contributed by atoms with Crippen molar-refractivity contribution in [1.29, 1.82) is 0 Å². The van der Waals surface area contributed by atoms with Crippen molar-refractivity contribution in [3.05, 3.63) is 71.2 Å². The summed E-state index contributed by atoms with van der Waals surface area (Å²) < 4.78 is 8.96. The van der Waals surface area contributed by atoms with Crippen LogP contribution in [-0.4, -0.2) is 48.6 Å². The van der Waals surface area contributed by atoms with Gasteiger partial charge in [-0.05, 0) is 31.2 Å². The molecule has 0 spiro atoms. The zero-order chi connectivity index (χ0) is 19.8. The van der Waals surface area contributed by atoms with E-state index in [1.165, 1.54) is 10.7 Å². The number of nitrogens with one attached hydrogen (secondary N) is 1. The number of anilines is 1. The van der Waals surface area contributed by atoms with Crippen LogP contribution in [0.25, 0.3) is 16.8 Å². The van der Waals surface area contributed by atoms with Crippen molar-refractivity contribution in [2.24, 2.45) is 0 Å². The summed E-state index contributed by atoms with van der Waals surface area (Å²) in [5.74, 6) is 0.699. The van der Waals surface area contributed by atoms with Gasteiger partial charge in [-0.15, -0.1) is 0 Å². The highest BCUT2D eigenvalue weighted by atomic mass is 16.5. The van der Waals surface area contributed by atoms with E-state index in [9.17, 15) is 4.79 Å². The van der Waals surface area contributed by atoms with Crippen LogP contribution in [0.2, 0.25) is 0 Å². The smallest absolute Gasteiger partial charge is 0.267 e. The number of aromatic nitrogens is 6. The summed E-state index contributed by atoms with van der Waals surface area (Å²) in [6.07, 6.45) is 6.93. The second-order valence-corrected chi connectivity index (χ2v) is 6.99. The molecule has 4 aromatic rings. The third kappa shape index (κ3) is 3.25.